The van der Waals surface area contributed by atoms with Crippen LogP contribution in [0, 0.1) is 5.92 Å². The Morgan fingerprint density at radius 1 is 0.951 bits per heavy atom. The molecule has 0 spiro atoms. The van der Waals surface area contributed by atoms with Crippen molar-refractivity contribution in [3.05, 3.63) is 54.2 Å². The number of aliphatic carboxylic acids is 1. The molecule has 0 aliphatic carbocycles. The first-order chi connectivity index (χ1) is 19.5. The standard InChI is InChI=1S/C27H36N8O6/c1-3-14(2)23(29)26(39)34-20(9-16-12-30-13-32-16)25(38)33-19(24(37)35-21(27(40)41)10-22(28)36)8-15-11-31-18-7-5-4-6-17(15)18/h4-7,11-14,19-21,23,31H,3,8-10,29H2,1-2H3,(H2,28,36)(H,30,32)(H,33,38)(H,34,39)(H,35,37)(H,40,41). The van der Waals surface area contributed by atoms with Crippen LogP contribution in [0.5, 0.6) is 0 Å². The molecule has 41 heavy (non-hydrogen) atoms. The number of aromatic nitrogens is 3. The predicted molar refractivity (Wildman–Crippen MR) is 149 cm³/mol. The van der Waals surface area contributed by atoms with Crippen molar-refractivity contribution in [3.8, 4) is 0 Å². The number of nitrogens with one attached hydrogen (secondary N) is 5. The maximum absolute atomic E-state index is 13.6. The molecule has 2 aromatic heterocycles. The van der Waals surface area contributed by atoms with Gasteiger partial charge in [0.2, 0.25) is 23.6 Å². The molecule has 0 bridgehead atoms. The summed E-state index contributed by atoms with van der Waals surface area (Å²) in [6.07, 6.45) is 4.61. The highest BCUT2D eigenvalue weighted by molar-refractivity contribution is 5.95. The normalized spacial score (nSPS) is 14.8. The summed E-state index contributed by atoms with van der Waals surface area (Å²) in [6, 6.07) is 2.45. The molecule has 2 heterocycles. The van der Waals surface area contributed by atoms with Crippen LogP contribution in [-0.2, 0) is 36.8 Å². The maximum Gasteiger partial charge on any atom is 0.326 e. The number of rotatable bonds is 15. The molecule has 1 aromatic carbocycles. The zero-order valence-corrected chi connectivity index (χ0v) is 22.8. The van der Waals surface area contributed by atoms with E-state index in [1.807, 2.05) is 38.1 Å². The molecule has 10 N–H and O–H groups in total. The van der Waals surface area contributed by atoms with Crippen molar-refractivity contribution in [1.82, 2.24) is 30.9 Å². The fraction of sp³-hybridized carbons (Fsp3) is 0.407. The van der Waals surface area contributed by atoms with Gasteiger partial charge in [-0.05, 0) is 17.5 Å². The van der Waals surface area contributed by atoms with Crippen LogP contribution in [0.25, 0.3) is 10.9 Å². The molecule has 5 unspecified atom stereocenters. The zero-order chi connectivity index (χ0) is 30.1. The van der Waals surface area contributed by atoms with Crippen molar-refractivity contribution >= 4 is 40.5 Å². The Morgan fingerprint density at radius 2 is 1.59 bits per heavy atom. The van der Waals surface area contributed by atoms with Gasteiger partial charge in [-0.25, -0.2) is 9.78 Å². The summed E-state index contributed by atoms with van der Waals surface area (Å²) in [5, 5.41) is 17.9. The molecule has 0 saturated heterocycles. The van der Waals surface area contributed by atoms with Crippen LogP contribution in [0.4, 0.5) is 0 Å². The Labute approximate surface area is 236 Å². The lowest BCUT2D eigenvalue weighted by Crippen LogP contribution is -2.58. The van der Waals surface area contributed by atoms with Crippen molar-refractivity contribution < 1.29 is 29.1 Å². The van der Waals surface area contributed by atoms with Gasteiger partial charge in [0.1, 0.15) is 18.1 Å². The number of imidazole rings is 1. The van der Waals surface area contributed by atoms with Gasteiger partial charge in [0.05, 0.1) is 18.8 Å². The summed E-state index contributed by atoms with van der Waals surface area (Å²) in [4.78, 5) is 72.8. The first kappa shape index (κ1) is 30.8. The number of aromatic amines is 2. The van der Waals surface area contributed by atoms with Gasteiger partial charge >= 0.3 is 5.97 Å². The lowest BCUT2D eigenvalue weighted by atomic mass is 9.98. The van der Waals surface area contributed by atoms with Crippen LogP contribution in [0.2, 0.25) is 0 Å². The number of H-pyrrole nitrogens is 2. The average molecular weight is 569 g/mol. The Hall–Kier alpha value is -4.72. The molecule has 0 aliphatic heterocycles. The molecule has 14 heteroatoms. The van der Waals surface area contributed by atoms with E-state index in [1.165, 1.54) is 12.5 Å². The van der Waals surface area contributed by atoms with Crippen molar-refractivity contribution in [2.75, 3.05) is 0 Å². The molecule has 5 atom stereocenters. The molecule has 0 fully saturated rings. The van der Waals surface area contributed by atoms with Gasteiger partial charge in [0.25, 0.3) is 0 Å². The minimum absolute atomic E-state index is 0.0195. The summed E-state index contributed by atoms with van der Waals surface area (Å²) < 4.78 is 0. The summed E-state index contributed by atoms with van der Waals surface area (Å²) in [6.45, 7) is 3.71. The summed E-state index contributed by atoms with van der Waals surface area (Å²) in [5.74, 6) is -4.62. The molecule has 220 valence electrons. The predicted octanol–water partition coefficient (Wildman–Crippen LogP) is -0.536. The second-order valence-corrected chi connectivity index (χ2v) is 9.95. The van der Waals surface area contributed by atoms with Crippen LogP contribution in [-0.4, -0.2) is 73.8 Å². The number of carboxylic acid groups (broad SMARTS) is 1. The number of fused-ring (bicyclic) bond motifs is 1. The first-order valence-electron chi connectivity index (χ1n) is 13.2. The smallest absolute Gasteiger partial charge is 0.326 e. The highest BCUT2D eigenvalue weighted by Gasteiger charge is 2.32. The van der Waals surface area contributed by atoms with E-state index in [-0.39, 0.29) is 18.8 Å². The van der Waals surface area contributed by atoms with Crippen molar-refractivity contribution in [1.29, 1.82) is 0 Å². The fourth-order valence-electron chi connectivity index (χ4n) is 4.28. The van der Waals surface area contributed by atoms with Gasteiger partial charge in [-0.3, -0.25) is 19.2 Å². The van der Waals surface area contributed by atoms with E-state index in [1.54, 1.807) is 6.20 Å². The van der Waals surface area contributed by atoms with Crippen molar-refractivity contribution in [2.45, 2.75) is 63.7 Å². The number of nitrogens with two attached hydrogens (primary N) is 2. The first-order valence-corrected chi connectivity index (χ1v) is 13.2. The minimum Gasteiger partial charge on any atom is -0.480 e. The van der Waals surface area contributed by atoms with Gasteiger partial charge in [0, 0.05) is 41.8 Å². The molecular formula is C27H36N8O6. The Morgan fingerprint density at radius 3 is 2.20 bits per heavy atom. The molecule has 0 saturated carbocycles. The Kier molecular flexibility index (Phi) is 10.6. The highest BCUT2D eigenvalue weighted by atomic mass is 16.4. The van der Waals surface area contributed by atoms with E-state index in [9.17, 15) is 29.1 Å². The minimum atomic E-state index is -1.60. The van der Waals surface area contributed by atoms with Gasteiger partial charge in [0.15, 0.2) is 0 Å². The third-order valence-corrected chi connectivity index (χ3v) is 6.92. The number of benzene rings is 1. The van der Waals surface area contributed by atoms with Gasteiger partial charge in [-0.1, -0.05) is 38.5 Å². The number of carbonyl (C=O) groups excluding carboxylic acids is 4. The quantitative estimate of drug-likeness (QED) is 0.118. The third-order valence-electron chi connectivity index (χ3n) is 6.92. The van der Waals surface area contributed by atoms with Crippen LogP contribution in [0.15, 0.2) is 43.0 Å². The second kappa shape index (κ2) is 14.1. The number of hydrogen-bond donors (Lipinski definition) is 8. The molecule has 4 amide bonds. The summed E-state index contributed by atoms with van der Waals surface area (Å²) in [5.41, 5.74) is 13.3. The molecule has 3 aromatic rings. The number of para-hydroxylation sites is 1. The van der Waals surface area contributed by atoms with Gasteiger partial charge < -0.3 is 42.5 Å². The topological polar surface area (TPSA) is 238 Å². The van der Waals surface area contributed by atoms with Crippen molar-refractivity contribution in [3.63, 3.8) is 0 Å². The molecule has 0 radical (unpaired) electrons. The molecule has 0 aliphatic rings. The third kappa shape index (κ3) is 8.38. The number of carbonyl (C=O) groups is 5. The van der Waals surface area contributed by atoms with Crippen LogP contribution in [0.3, 0.4) is 0 Å². The van der Waals surface area contributed by atoms with Crippen LogP contribution < -0.4 is 27.4 Å². The van der Waals surface area contributed by atoms with Crippen LogP contribution in [0.1, 0.15) is 37.9 Å². The lowest BCUT2D eigenvalue weighted by Gasteiger charge is -2.26. The molecule has 14 nitrogen and oxygen atoms in total. The molecular weight excluding hydrogens is 532 g/mol. The fourth-order valence-corrected chi connectivity index (χ4v) is 4.28. The summed E-state index contributed by atoms with van der Waals surface area (Å²) in [7, 11) is 0. The largest absolute Gasteiger partial charge is 0.480 e. The van der Waals surface area contributed by atoms with Gasteiger partial charge in [-0.15, -0.1) is 0 Å². The van der Waals surface area contributed by atoms with E-state index >= 15 is 0 Å². The van der Waals surface area contributed by atoms with Crippen LogP contribution >= 0.6 is 0 Å². The lowest BCUT2D eigenvalue weighted by molar-refractivity contribution is -0.143. The second-order valence-electron chi connectivity index (χ2n) is 9.95. The van der Waals surface area contributed by atoms with E-state index < -0.39 is 60.2 Å². The average Bonchev–Trinajstić information content (AvgIpc) is 3.60. The van der Waals surface area contributed by atoms with Gasteiger partial charge in [-0.2, -0.15) is 0 Å². The number of primary amides is 1. The Bertz CT molecular complexity index is 1370. The maximum atomic E-state index is 13.6. The number of nitrogens with zero attached hydrogens (tertiary/aromatic N) is 1. The van der Waals surface area contributed by atoms with E-state index in [0.29, 0.717) is 17.7 Å². The van der Waals surface area contributed by atoms with E-state index in [2.05, 4.69) is 30.9 Å². The number of amides is 4. The monoisotopic (exact) mass is 568 g/mol. The zero-order valence-electron chi connectivity index (χ0n) is 22.8. The number of carboxylic acids is 1. The Balaban J connectivity index is 1.89. The summed E-state index contributed by atoms with van der Waals surface area (Å²) >= 11 is 0. The van der Waals surface area contributed by atoms with E-state index in [4.69, 9.17) is 11.5 Å². The number of hydrogen-bond acceptors (Lipinski definition) is 7. The highest BCUT2D eigenvalue weighted by Crippen LogP contribution is 2.19. The molecule has 3 rings (SSSR count). The van der Waals surface area contributed by atoms with E-state index in [0.717, 1.165) is 10.9 Å². The van der Waals surface area contributed by atoms with Crippen molar-refractivity contribution in [2.24, 2.45) is 17.4 Å². The SMILES string of the molecule is CCC(C)C(N)C(=O)NC(Cc1cnc[nH]1)C(=O)NC(Cc1c[nH]c2ccccc12)C(=O)NC(CC(N)=O)C(=O)O.